The summed E-state index contributed by atoms with van der Waals surface area (Å²) < 4.78 is 2.11. The van der Waals surface area contributed by atoms with Crippen LogP contribution in [0.3, 0.4) is 0 Å². The molecule has 0 saturated carbocycles. The molecule has 1 amide bonds. The fourth-order valence-electron chi connectivity index (χ4n) is 3.10. The van der Waals surface area contributed by atoms with Crippen molar-refractivity contribution < 1.29 is 4.79 Å². The molecule has 1 fully saturated rings. The third kappa shape index (κ3) is 2.10. The van der Waals surface area contributed by atoms with E-state index in [0.29, 0.717) is 0 Å². The molecule has 0 aromatic carbocycles. The molecule has 3 heterocycles. The van der Waals surface area contributed by atoms with E-state index in [9.17, 15) is 4.79 Å². The van der Waals surface area contributed by atoms with Gasteiger partial charge in [0, 0.05) is 32.7 Å². The number of hydrogen-bond donors (Lipinski definition) is 1. The first kappa shape index (κ1) is 13.5. The summed E-state index contributed by atoms with van der Waals surface area (Å²) >= 11 is 0. The Bertz CT molecular complexity index is 513. The summed E-state index contributed by atoms with van der Waals surface area (Å²) in [6, 6.07) is -0.0745. The lowest BCUT2D eigenvalue weighted by atomic mass is 10.1. The molecule has 3 rings (SSSR count). The molecular weight excluding hydrogens is 256 g/mol. The fourth-order valence-corrected chi connectivity index (χ4v) is 3.10. The maximum atomic E-state index is 12.8. The molecule has 2 unspecified atom stereocenters. The van der Waals surface area contributed by atoms with Gasteiger partial charge in [0.1, 0.15) is 11.9 Å². The summed E-state index contributed by atoms with van der Waals surface area (Å²) in [6.07, 6.45) is 0. The molecule has 0 bridgehead atoms. The molecule has 2 aliphatic rings. The number of rotatable bonds is 1. The number of carbonyl (C=O) groups excluding carboxylic acids is 1. The summed E-state index contributed by atoms with van der Waals surface area (Å²) in [6.45, 7) is 8.10. The molecule has 1 N–H and O–H groups in total. The number of carbonyl (C=O) groups is 1. The minimum atomic E-state index is -0.0678. The summed E-state index contributed by atoms with van der Waals surface area (Å²) in [5, 5.41) is 11.6. The minimum absolute atomic E-state index is 0.00669. The molecule has 2 atom stereocenters. The van der Waals surface area contributed by atoms with Crippen LogP contribution in [-0.2, 0) is 11.3 Å². The van der Waals surface area contributed by atoms with Crippen LogP contribution in [0.15, 0.2) is 0 Å². The van der Waals surface area contributed by atoms with Crippen LogP contribution in [0, 0.1) is 6.92 Å². The topological polar surface area (TPSA) is 66.3 Å². The Morgan fingerprint density at radius 2 is 2.10 bits per heavy atom. The predicted molar refractivity (Wildman–Crippen MR) is 74.2 cm³/mol. The summed E-state index contributed by atoms with van der Waals surface area (Å²) in [5.74, 6) is 2.02. The molecule has 1 aromatic heterocycles. The molecule has 7 heteroatoms. The van der Waals surface area contributed by atoms with Gasteiger partial charge in [-0.15, -0.1) is 10.2 Å². The predicted octanol–water partition coefficient (Wildman–Crippen LogP) is -0.607. The van der Waals surface area contributed by atoms with Crippen molar-refractivity contribution in [3.05, 3.63) is 11.6 Å². The molecule has 7 nitrogen and oxygen atoms in total. The Balaban J connectivity index is 1.79. The molecule has 0 radical (unpaired) electrons. The van der Waals surface area contributed by atoms with E-state index in [1.807, 2.05) is 25.8 Å². The zero-order valence-electron chi connectivity index (χ0n) is 12.3. The van der Waals surface area contributed by atoms with Gasteiger partial charge in [0.05, 0.1) is 6.04 Å². The van der Waals surface area contributed by atoms with Gasteiger partial charge in [-0.1, -0.05) is 0 Å². The van der Waals surface area contributed by atoms with Crippen molar-refractivity contribution in [3.63, 3.8) is 0 Å². The number of aryl methyl sites for hydroxylation is 1. The van der Waals surface area contributed by atoms with Crippen molar-refractivity contribution in [1.82, 2.24) is 29.9 Å². The normalized spacial score (nSPS) is 27.4. The number of piperazine rings is 1. The Labute approximate surface area is 118 Å². The first-order chi connectivity index (χ1) is 9.59. The number of likely N-dealkylation sites (N-methyl/N-ethyl adjacent to an activating group) is 1. The third-order valence-electron chi connectivity index (χ3n) is 4.45. The van der Waals surface area contributed by atoms with Crippen LogP contribution >= 0.6 is 0 Å². The van der Waals surface area contributed by atoms with E-state index >= 15 is 0 Å². The van der Waals surface area contributed by atoms with Crippen molar-refractivity contribution in [2.24, 2.45) is 0 Å². The monoisotopic (exact) mass is 278 g/mol. The number of nitrogens with one attached hydrogen (secondary N) is 1. The number of aromatic nitrogens is 3. The van der Waals surface area contributed by atoms with Gasteiger partial charge < -0.3 is 14.8 Å². The van der Waals surface area contributed by atoms with E-state index in [1.165, 1.54) is 0 Å². The zero-order valence-corrected chi connectivity index (χ0v) is 12.3. The van der Waals surface area contributed by atoms with Crippen molar-refractivity contribution in [2.75, 3.05) is 33.2 Å². The van der Waals surface area contributed by atoms with Gasteiger partial charge in [0.2, 0.25) is 5.91 Å². The number of fused-ring (bicyclic) bond motifs is 1. The molecule has 0 aliphatic carbocycles. The van der Waals surface area contributed by atoms with E-state index in [-0.39, 0.29) is 18.0 Å². The molecule has 0 spiro atoms. The smallest absolute Gasteiger partial charge is 0.241 e. The van der Waals surface area contributed by atoms with Gasteiger partial charge in [-0.2, -0.15) is 0 Å². The summed E-state index contributed by atoms with van der Waals surface area (Å²) in [5.41, 5.74) is 0. The van der Waals surface area contributed by atoms with E-state index < -0.39 is 0 Å². The Morgan fingerprint density at radius 3 is 2.85 bits per heavy atom. The SMILES string of the molecule is Cc1nnc2n1CCN(C(=O)C1CNCCN1C)C2C. The van der Waals surface area contributed by atoms with Crippen LogP contribution in [0.2, 0.25) is 0 Å². The van der Waals surface area contributed by atoms with Crippen LogP contribution in [0.5, 0.6) is 0 Å². The lowest BCUT2D eigenvalue weighted by Gasteiger charge is -2.39. The second kappa shape index (κ2) is 5.14. The van der Waals surface area contributed by atoms with Crippen LogP contribution < -0.4 is 5.32 Å². The lowest BCUT2D eigenvalue weighted by molar-refractivity contribution is -0.140. The standard InChI is InChI=1S/C13H22N6O/c1-9-12-16-15-10(2)19(12)7-6-18(9)13(20)11-8-14-4-5-17(11)3/h9,11,14H,4-8H2,1-3H3. The minimum Gasteiger partial charge on any atom is -0.330 e. The van der Waals surface area contributed by atoms with Crippen molar-refractivity contribution in [1.29, 1.82) is 0 Å². The van der Waals surface area contributed by atoms with Crippen molar-refractivity contribution in [2.45, 2.75) is 32.5 Å². The summed E-state index contributed by atoms with van der Waals surface area (Å²) in [7, 11) is 2.02. The van der Waals surface area contributed by atoms with E-state index in [0.717, 1.165) is 44.4 Å². The highest BCUT2D eigenvalue weighted by molar-refractivity contribution is 5.82. The van der Waals surface area contributed by atoms with Gasteiger partial charge in [0.25, 0.3) is 0 Å². The average Bonchev–Trinajstić information content (AvgIpc) is 2.82. The van der Waals surface area contributed by atoms with E-state index in [2.05, 4.69) is 25.0 Å². The fraction of sp³-hybridized carbons (Fsp3) is 0.769. The first-order valence-corrected chi connectivity index (χ1v) is 7.20. The van der Waals surface area contributed by atoms with Gasteiger partial charge in [-0.25, -0.2) is 0 Å². The average molecular weight is 278 g/mol. The second-order valence-electron chi connectivity index (χ2n) is 5.67. The van der Waals surface area contributed by atoms with Crippen molar-refractivity contribution >= 4 is 5.91 Å². The van der Waals surface area contributed by atoms with Crippen LogP contribution in [0.25, 0.3) is 0 Å². The highest BCUT2D eigenvalue weighted by atomic mass is 16.2. The number of nitrogens with zero attached hydrogens (tertiary/aromatic N) is 5. The first-order valence-electron chi connectivity index (χ1n) is 7.20. The Morgan fingerprint density at radius 1 is 1.30 bits per heavy atom. The maximum Gasteiger partial charge on any atom is 0.241 e. The Kier molecular flexibility index (Phi) is 3.47. The molecule has 2 aliphatic heterocycles. The molecule has 1 saturated heterocycles. The quantitative estimate of drug-likeness (QED) is 0.742. The number of hydrogen-bond acceptors (Lipinski definition) is 5. The van der Waals surface area contributed by atoms with Gasteiger partial charge in [0.15, 0.2) is 5.82 Å². The molecular formula is C13H22N6O. The van der Waals surface area contributed by atoms with Crippen LogP contribution in [0.4, 0.5) is 0 Å². The lowest BCUT2D eigenvalue weighted by Crippen LogP contribution is -2.58. The Hall–Kier alpha value is -1.47. The molecule has 20 heavy (non-hydrogen) atoms. The molecule has 1 aromatic rings. The number of amides is 1. The zero-order chi connectivity index (χ0) is 14.3. The largest absolute Gasteiger partial charge is 0.330 e. The van der Waals surface area contributed by atoms with Crippen LogP contribution in [-0.4, -0.2) is 69.7 Å². The van der Waals surface area contributed by atoms with Gasteiger partial charge in [-0.3, -0.25) is 9.69 Å². The van der Waals surface area contributed by atoms with Gasteiger partial charge in [-0.05, 0) is 20.9 Å². The maximum absolute atomic E-state index is 12.8. The van der Waals surface area contributed by atoms with E-state index in [4.69, 9.17) is 0 Å². The second-order valence-corrected chi connectivity index (χ2v) is 5.67. The highest BCUT2D eigenvalue weighted by Crippen LogP contribution is 2.25. The van der Waals surface area contributed by atoms with E-state index in [1.54, 1.807) is 0 Å². The van der Waals surface area contributed by atoms with Gasteiger partial charge >= 0.3 is 0 Å². The van der Waals surface area contributed by atoms with Crippen LogP contribution in [0.1, 0.15) is 24.6 Å². The van der Waals surface area contributed by atoms with Crippen molar-refractivity contribution in [3.8, 4) is 0 Å². The third-order valence-corrected chi connectivity index (χ3v) is 4.45. The summed E-state index contributed by atoms with van der Waals surface area (Å²) in [4.78, 5) is 16.9. The highest BCUT2D eigenvalue weighted by Gasteiger charge is 2.36. The molecule has 110 valence electrons.